The number of benzene rings is 1. The van der Waals surface area contributed by atoms with Crippen molar-refractivity contribution in [2.24, 2.45) is 5.41 Å². The second kappa shape index (κ2) is 14.0. The molecule has 39 heavy (non-hydrogen) atoms. The second-order valence-electron chi connectivity index (χ2n) is 11.5. The minimum atomic E-state index is -0.688. The monoisotopic (exact) mass is 555 g/mol. The lowest BCUT2D eigenvalue weighted by Gasteiger charge is -2.35. The summed E-state index contributed by atoms with van der Waals surface area (Å²) in [6.45, 7) is 14.2. The van der Waals surface area contributed by atoms with Crippen LogP contribution in [0.1, 0.15) is 84.0 Å². The molecule has 3 amide bonds. The van der Waals surface area contributed by atoms with Gasteiger partial charge in [-0.2, -0.15) is 0 Å². The smallest absolute Gasteiger partial charge is 0.246 e. The van der Waals surface area contributed by atoms with Crippen LogP contribution in [-0.2, 0) is 14.4 Å². The predicted molar refractivity (Wildman–Crippen MR) is 157 cm³/mol. The van der Waals surface area contributed by atoms with Crippen LogP contribution in [0, 0.1) is 12.3 Å². The second-order valence-corrected chi connectivity index (χ2v) is 12.3. The van der Waals surface area contributed by atoms with Crippen molar-refractivity contribution < 1.29 is 14.4 Å². The SMILES string of the molecule is CCNCCCCC(=O)NC(C(=O)N1CCCC1C(=O)NC(C)c1ccc(-c2scnc2C)cc1)C(C)(C)C. The quantitative estimate of drug-likeness (QED) is 0.332. The number of carbonyl (C=O) groups excluding carboxylic acids is 3. The molecule has 0 spiro atoms. The average Bonchev–Trinajstić information content (AvgIpc) is 3.55. The maximum absolute atomic E-state index is 13.7. The third kappa shape index (κ3) is 8.35. The molecule has 9 heteroatoms. The van der Waals surface area contributed by atoms with E-state index < -0.39 is 17.5 Å². The fourth-order valence-electron chi connectivity index (χ4n) is 4.96. The Bertz CT molecular complexity index is 1110. The van der Waals surface area contributed by atoms with E-state index in [9.17, 15) is 14.4 Å². The zero-order chi connectivity index (χ0) is 28.6. The van der Waals surface area contributed by atoms with Crippen LogP contribution in [0.4, 0.5) is 0 Å². The Morgan fingerprint density at radius 1 is 1.13 bits per heavy atom. The first kappa shape index (κ1) is 30.8. The Balaban J connectivity index is 1.61. The van der Waals surface area contributed by atoms with E-state index in [1.807, 2.05) is 52.3 Å². The van der Waals surface area contributed by atoms with Gasteiger partial charge in [-0.3, -0.25) is 14.4 Å². The Hall–Kier alpha value is -2.78. The van der Waals surface area contributed by atoms with Crippen molar-refractivity contribution in [1.29, 1.82) is 0 Å². The highest BCUT2D eigenvalue weighted by atomic mass is 32.1. The number of hydrogen-bond donors (Lipinski definition) is 3. The molecule has 1 saturated heterocycles. The first-order chi connectivity index (χ1) is 18.5. The summed E-state index contributed by atoms with van der Waals surface area (Å²) in [5.74, 6) is -0.457. The minimum Gasteiger partial charge on any atom is -0.348 e. The molecule has 3 atom stereocenters. The molecular weight excluding hydrogens is 510 g/mol. The number of amides is 3. The van der Waals surface area contributed by atoms with E-state index in [4.69, 9.17) is 0 Å². The number of hydrogen-bond acceptors (Lipinski definition) is 6. The summed E-state index contributed by atoms with van der Waals surface area (Å²) in [7, 11) is 0. The summed E-state index contributed by atoms with van der Waals surface area (Å²) in [6.07, 6.45) is 3.43. The van der Waals surface area contributed by atoms with Crippen LogP contribution in [0.2, 0.25) is 0 Å². The zero-order valence-corrected chi connectivity index (χ0v) is 25.1. The summed E-state index contributed by atoms with van der Waals surface area (Å²) in [5, 5.41) is 9.36. The minimum absolute atomic E-state index is 0.120. The van der Waals surface area contributed by atoms with E-state index in [1.165, 1.54) is 0 Å². The van der Waals surface area contributed by atoms with Crippen molar-refractivity contribution in [1.82, 2.24) is 25.8 Å². The van der Waals surface area contributed by atoms with Crippen LogP contribution in [0.15, 0.2) is 29.8 Å². The zero-order valence-electron chi connectivity index (χ0n) is 24.3. The van der Waals surface area contributed by atoms with Gasteiger partial charge < -0.3 is 20.9 Å². The molecule has 1 aliphatic heterocycles. The third-order valence-corrected chi connectivity index (χ3v) is 8.27. The fourth-order valence-corrected chi connectivity index (χ4v) is 5.77. The van der Waals surface area contributed by atoms with E-state index in [-0.39, 0.29) is 23.8 Å². The molecule has 0 bridgehead atoms. The number of rotatable bonds is 12. The number of nitrogens with one attached hydrogen (secondary N) is 3. The van der Waals surface area contributed by atoms with Crippen molar-refractivity contribution in [2.45, 2.75) is 91.8 Å². The molecule has 0 saturated carbocycles. The van der Waals surface area contributed by atoms with Gasteiger partial charge in [0.2, 0.25) is 17.7 Å². The van der Waals surface area contributed by atoms with Crippen LogP contribution in [0.3, 0.4) is 0 Å². The molecule has 1 aromatic carbocycles. The van der Waals surface area contributed by atoms with Gasteiger partial charge in [0.1, 0.15) is 12.1 Å². The van der Waals surface area contributed by atoms with Crippen LogP contribution < -0.4 is 16.0 Å². The van der Waals surface area contributed by atoms with Gasteiger partial charge in [-0.15, -0.1) is 11.3 Å². The molecule has 3 N–H and O–H groups in total. The van der Waals surface area contributed by atoms with E-state index >= 15 is 0 Å². The van der Waals surface area contributed by atoms with E-state index in [1.54, 1.807) is 16.2 Å². The maximum Gasteiger partial charge on any atom is 0.246 e. The van der Waals surface area contributed by atoms with Crippen LogP contribution in [0.5, 0.6) is 0 Å². The molecule has 2 aromatic rings. The lowest BCUT2D eigenvalue weighted by Crippen LogP contribution is -2.57. The van der Waals surface area contributed by atoms with Gasteiger partial charge in [0.15, 0.2) is 0 Å². The lowest BCUT2D eigenvalue weighted by atomic mass is 9.85. The summed E-state index contributed by atoms with van der Waals surface area (Å²) < 4.78 is 0. The standard InChI is InChI=1S/C30H45N5O3S/c1-7-31-17-9-8-12-25(36)34-27(30(4,5)6)29(38)35-18-10-11-24(35)28(37)33-20(2)22-13-15-23(16-14-22)26-21(3)32-19-39-26/h13-16,19-20,24,27,31H,7-12,17-18H2,1-6H3,(H,33,37)(H,34,36). The summed E-state index contributed by atoms with van der Waals surface area (Å²) >= 11 is 1.61. The highest BCUT2D eigenvalue weighted by molar-refractivity contribution is 7.13. The first-order valence-electron chi connectivity index (χ1n) is 14.1. The summed E-state index contributed by atoms with van der Waals surface area (Å²) in [4.78, 5) is 46.9. The van der Waals surface area contributed by atoms with Gasteiger partial charge in [0.05, 0.1) is 22.1 Å². The number of aromatic nitrogens is 1. The Kier molecular flexibility index (Phi) is 11.1. The third-order valence-electron chi connectivity index (χ3n) is 7.29. The van der Waals surface area contributed by atoms with Crippen molar-refractivity contribution in [3.63, 3.8) is 0 Å². The normalized spacial score (nSPS) is 17.1. The molecule has 2 heterocycles. The fraction of sp³-hybridized carbons (Fsp3) is 0.600. The molecule has 1 fully saturated rings. The summed E-state index contributed by atoms with van der Waals surface area (Å²) in [5.41, 5.74) is 4.48. The van der Waals surface area contributed by atoms with Crippen LogP contribution in [-0.4, -0.2) is 59.3 Å². The number of aryl methyl sites for hydroxylation is 1. The topological polar surface area (TPSA) is 103 Å². The average molecular weight is 556 g/mol. The van der Waals surface area contributed by atoms with Crippen molar-refractivity contribution >= 4 is 29.1 Å². The van der Waals surface area contributed by atoms with Gasteiger partial charge >= 0.3 is 0 Å². The number of carbonyl (C=O) groups is 3. The van der Waals surface area contributed by atoms with Crippen molar-refractivity contribution in [2.75, 3.05) is 19.6 Å². The highest BCUT2D eigenvalue weighted by Gasteiger charge is 2.42. The van der Waals surface area contributed by atoms with Gasteiger partial charge in [-0.25, -0.2) is 4.98 Å². The predicted octanol–water partition coefficient (Wildman–Crippen LogP) is 4.60. The largest absolute Gasteiger partial charge is 0.348 e. The molecule has 214 valence electrons. The maximum atomic E-state index is 13.7. The Labute approximate surface area is 237 Å². The number of nitrogens with zero attached hydrogens (tertiary/aromatic N) is 2. The number of thiazole rings is 1. The molecule has 1 aliphatic rings. The molecule has 0 aliphatic carbocycles. The van der Waals surface area contributed by atoms with Gasteiger partial charge in [-0.1, -0.05) is 52.0 Å². The number of unbranched alkanes of at least 4 members (excludes halogenated alkanes) is 1. The highest BCUT2D eigenvalue weighted by Crippen LogP contribution is 2.29. The van der Waals surface area contributed by atoms with Gasteiger partial charge in [-0.05, 0) is 69.2 Å². The van der Waals surface area contributed by atoms with Crippen LogP contribution >= 0.6 is 11.3 Å². The van der Waals surface area contributed by atoms with Crippen molar-refractivity contribution in [3.05, 3.63) is 41.0 Å². The van der Waals surface area contributed by atoms with E-state index in [0.29, 0.717) is 19.4 Å². The Morgan fingerprint density at radius 3 is 2.46 bits per heavy atom. The van der Waals surface area contributed by atoms with Crippen molar-refractivity contribution in [3.8, 4) is 10.4 Å². The molecule has 1 aromatic heterocycles. The van der Waals surface area contributed by atoms with Crippen LogP contribution in [0.25, 0.3) is 10.4 Å². The van der Waals surface area contributed by atoms with E-state index in [2.05, 4.69) is 40.0 Å². The summed E-state index contributed by atoms with van der Waals surface area (Å²) in [6, 6.07) is 6.74. The molecule has 0 radical (unpaired) electrons. The van der Waals surface area contributed by atoms with Gasteiger partial charge in [0, 0.05) is 13.0 Å². The Morgan fingerprint density at radius 2 is 1.85 bits per heavy atom. The molecule has 3 rings (SSSR count). The molecule has 3 unspecified atom stereocenters. The number of likely N-dealkylation sites (tertiary alicyclic amines) is 1. The molecular formula is C30H45N5O3S. The lowest BCUT2D eigenvalue weighted by molar-refractivity contribution is -0.144. The molecule has 8 nitrogen and oxygen atoms in total. The van der Waals surface area contributed by atoms with E-state index in [0.717, 1.165) is 54.0 Å². The first-order valence-corrected chi connectivity index (χ1v) is 15.0. The van der Waals surface area contributed by atoms with Gasteiger partial charge in [0.25, 0.3) is 0 Å².